The van der Waals surface area contributed by atoms with Crippen LogP contribution in [0.5, 0.6) is 0 Å². The highest BCUT2D eigenvalue weighted by atomic mass is 15.3. The number of nitrogens with two attached hydrogens (primary N) is 1. The third-order valence-electron chi connectivity index (χ3n) is 2.86. The van der Waals surface area contributed by atoms with Crippen LogP contribution in [0.1, 0.15) is 30.7 Å². The third kappa shape index (κ3) is 2.53. The minimum atomic E-state index is 0.130. The molecule has 1 unspecified atom stereocenters. The van der Waals surface area contributed by atoms with Crippen LogP contribution in [0.3, 0.4) is 0 Å². The Morgan fingerprint density at radius 1 is 1.29 bits per heavy atom. The molecule has 0 bridgehead atoms. The van der Waals surface area contributed by atoms with Crippen LogP contribution in [0, 0.1) is 0 Å². The van der Waals surface area contributed by atoms with Crippen molar-refractivity contribution in [1.29, 1.82) is 0 Å². The van der Waals surface area contributed by atoms with Gasteiger partial charge in [-0.25, -0.2) is 0 Å². The average Bonchev–Trinajstić information content (AvgIpc) is 2.81. The average molecular weight is 230 g/mol. The second-order valence-corrected chi connectivity index (χ2v) is 4.08. The molecule has 0 aliphatic rings. The van der Waals surface area contributed by atoms with Gasteiger partial charge in [-0.3, -0.25) is 0 Å². The van der Waals surface area contributed by atoms with E-state index >= 15 is 0 Å². The molecule has 0 saturated heterocycles. The summed E-state index contributed by atoms with van der Waals surface area (Å²) in [6.07, 6.45) is 2.85. The van der Waals surface area contributed by atoms with Gasteiger partial charge in [0.05, 0.1) is 5.92 Å². The molecule has 1 atom stereocenters. The number of aryl methyl sites for hydroxylation is 1. The largest absolute Gasteiger partial charge is 0.329 e. The van der Waals surface area contributed by atoms with E-state index in [9.17, 15) is 0 Å². The lowest BCUT2D eigenvalue weighted by Gasteiger charge is -2.15. The standard InChI is InChI=1S/C13H18N4/c1-2-8-17-10-15-16-13(17)12(9-14)11-6-4-3-5-7-11/h3-7,10,12H,2,8-9,14H2,1H3. The molecule has 17 heavy (non-hydrogen) atoms. The predicted molar refractivity (Wildman–Crippen MR) is 67.7 cm³/mol. The molecule has 2 N–H and O–H groups in total. The first-order valence-electron chi connectivity index (χ1n) is 5.99. The lowest BCUT2D eigenvalue weighted by Crippen LogP contribution is -2.18. The molecule has 90 valence electrons. The van der Waals surface area contributed by atoms with Crippen molar-refractivity contribution < 1.29 is 0 Å². The maximum atomic E-state index is 5.88. The van der Waals surface area contributed by atoms with E-state index in [1.807, 2.05) is 18.2 Å². The van der Waals surface area contributed by atoms with E-state index in [0.717, 1.165) is 18.8 Å². The number of aromatic nitrogens is 3. The van der Waals surface area contributed by atoms with E-state index in [-0.39, 0.29) is 5.92 Å². The molecule has 0 aliphatic heterocycles. The van der Waals surface area contributed by atoms with Crippen LogP contribution < -0.4 is 5.73 Å². The molecule has 0 fully saturated rings. The molecule has 1 aromatic carbocycles. The fourth-order valence-electron chi connectivity index (χ4n) is 2.02. The summed E-state index contributed by atoms with van der Waals surface area (Å²) in [4.78, 5) is 0. The summed E-state index contributed by atoms with van der Waals surface area (Å²) in [6, 6.07) is 10.2. The first-order chi connectivity index (χ1) is 8.36. The summed E-state index contributed by atoms with van der Waals surface area (Å²) in [5.41, 5.74) is 7.07. The van der Waals surface area contributed by atoms with E-state index in [2.05, 4.69) is 33.8 Å². The molecule has 4 heteroatoms. The van der Waals surface area contributed by atoms with Crippen molar-refractivity contribution in [2.45, 2.75) is 25.8 Å². The van der Waals surface area contributed by atoms with Crippen molar-refractivity contribution in [2.75, 3.05) is 6.54 Å². The molecule has 0 spiro atoms. The molecule has 0 radical (unpaired) electrons. The van der Waals surface area contributed by atoms with E-state index in [1.54, 1.807) is 6.33 Å². The minimum absolute atomic E-state index is 0.130. The van der Waals surface area contributed by atoms with Gasteiger partial charge in [0.15, 0.2) is 0 Å². The van der Waals surface area contributed by atoms with Crippen molar-refractivity contribution in [3.05, 3.63) is 48.0 Å². The summed E-state index contributed by atoms with van der Waals surface area (Å²) >= 11 is 0. The highest BCUT2D eigenvalue weighted by molar-refractivity contribution is 5.25. The molecule has 0 saturated carbocycles. The summed E-state index contributed by atoms with van der Waals surface area (Å²) in [5.74, 6) is 1.09. The van der Waals surface area contributed by atoms with E-state index in [4.69, 9.17) is 5.73 Å². The maximum absolute atomic E-state index is 5.88. The van der Waals surface area contributed by atoms with E-state index < -0.39 is 0 Å². The molecule has 1 aromatic heterocycles. The molecular weight excluding hydrogens is 212 g/mol. The fraction of sp³-hybridized carbons (Fsp3) is 0.385. The second kappa shape index (κ2) is 5.59. The molecular formula is C13H18N4. The van der Waals surface area contributed by atoms with Gasteiger partial charge in [-0.05, 0) is 12.0 Å². The summed E-state index contributed by atoms with van der Waals surface area (Å²) in [7, 11) is 0. The first-order valence-corrected chi connectivity index (χ1v) is 5.99. The van der Waals surface area contributed by atoms with Gasteiger partial charge in [-0.2, -0.15) is 0 Å². The molecule has 0 amide bonds. The Balaban J connectivity index is 2.32. The summed E-state index contributed by atoms with van der Waals surface area (Å²) < 4.78 is 2.09. The Hall–Kier alpha value is -1.68. The quantitative estimate of drug-likeness (QED) is 0.851. The van der Waals surface area contributed by atoms with Gasteiger partial charge in [0.25, 0.3) is 0 Å². The minimum Gasteiger partial charge on any atom is -0.329 e. The Kier molecular flexibility index (Phi) is 3.88. The lowest BCUT2D eigenvalue weighted by molar-refractivity contribution is 0.608. The molecule has 4 nitrogen and oxygen atoms in total. The fourth-order valence-corrected chi connectivity index (χ4v) is 2.02. The monoisotopic (exact) mass is 230 g/mol. The molecule has 2 aromatic rings. The van der Waals surface area contributed by atoms with Crippen molar-refractivity contribution in [2.24, 2.45) is 5.73 Å². The van der Waals surface area contributed by atoms with Crippen LogP contribution >= 0.6 is 0 Å². The van der Waals surface area contributed by atoms with E-state index in [1.165, 1.54) is 5.56 Å². The SMILES string of the molecule is CCCn1cnnc1C(CN)c1ccccc1. The Morgan fingerprint density at radius 3 is 2.71 bits per heavy atom. The van der Waals surface area contributed by atoms with Crippen LogP contribution in [0.4, 0.5) is 0 Å². The Morgan fingerprint density at radius 2 is 2.06 bits per heavy atom. The zero-order chi connectivity index (χ0) is 12.1. The zero-order valence-corrected chi connectivity index (χ0v) is 10.1. The van der Waals surface area contributed by atoms with Gasteiger partial charge >= 0.3 is 0 Å². The van der Waals surface area contributed by atoms with Crippen LogP contribution in [0.2, 0.25) is 0 Å². The smallest absolute Gasteiger partial charge is 0.141 e. The van der Waals surface area contributed by atoms with Crippen LogP contribution in [-0.2, 0) is 6.54 Å². The van der Waals surface area contributed by atoms with Gasteiger partial charge in [-0.1, -0.05) is 37.3 Å². The summed E-state index contributed by atoms with van der Waals surface area (Å²) in [5, 5.41) is 8.21. The van der Waals surface area contributed by atoms with Crippen molar-refractivity contribution in [3.63, 3.8) is 0 Å². The van der Waals surface area contributed by atoms with Crippen LogP contribution in [-0.4, -0.2) is 21.3 Å². The molecule has 0 aliphatic carbocycles. The Bertz CT molecular complexity index is 449. The highest BCUT2D eigenvalue weighted by Crippen LogP contribution is 2.21. The third-order valence-corrected chi connectivity index (χ3v) is 2.86. The normalized spacial score (nSPS) is 12.6. The van der Waals surface area contributed by atoms with Crippen LogP contribution in [0.15, 0.2) is 36.7 Å². The highest BCUT2D eigenvalue weighted by Gasteiger charge is 2.17. The number of hydrogen-bond donors (Lipinski definition) is 1. The molecule has 2 rings (SSSR count). The number of hydrogen-bond acceptors (Lipinski definition) is 3. The Labute approximate surface area is 101 Å². The molecule has 1 heterocycles. The predicted octanol–water partition coefficient (Wildman–Crippen LogP) is 1.78. The summed E-state index contributed by atoms with van der Waals surface area (Å²) in [6.45, 7) is 3.63. The number of rotatable bonds is 5. The van der Waals surface area contributed by atoms with Gasteiger partial charge in [0, 0.05) is 13.1 Å². The van der Waals surface area contributed by atoms with Crippen molar-refractivity contribution in [3.8, 4) is 0 Å². The van der Waals surface area contributed by atoms with Crippen LogP contribution in [0.25, 0.3) is 0 Å². The van der Waals surface area contributed by atoms with Gasteiger partial charge < -0.3 is 10.3 Å². The maximum Gasteiger partial charge on any atom is 0.141 e. The first kappa shape index (κ1) is 11.8. The van der Waals surface area contributed by atoms with E-state index in [0.29, 0.717) is 6.54 Å². The van der Waals surface area contributed by atoms with Gasteiger partial charge in [0.1, 0.15) is 12.2 Å². The van der Waals surface area contributed by atoms with Crippen molar-refractivity contribution in [1.82, 2.24) is 14.8 Å². The zero-order valence-electron chi connectivity index (χ0n) is 10.1. The van der Waals surface area contributed by atoms with Crippen molar-refractivity contribution >= 4 is 0 Å². The lowest BCUT2D eigenvalue weighted by atomic mass is 9.98. The number of nitrogens with zero attached hydrogens (tertiary/aromatic N) is 3. The second-order valence-electron chi connectivity index (χ2n) is 4.08. The van der Waals surface area contributed by atoms with Gasteiger partial charge in [0.2, 0.25) is 0 Å². The number of benzene rings is 1. The van der Waals surface area contributed by atoms with Gasteiger partial charge in [-0.15, -0.1) is 10.2 Å². The topological polar surface area (TPSA) is 56.7 Å².